The number of allylic oxidation sites excluding steroid dienone is 4. The van der Waals surface area contributed by atoms with E-state index in [0.29, 0.717) is 10.8 Å². The van der Waals surface area contributed by atoms with E-state index in [0.717, 1.165) is 35.5 Å². The highest BCUT2D eigenvalue weighted by Gasteiger charge is 2.58. The molecule has 0 aromatic heterocycles. The summed E-state index contributed by atoms with van der Waals surface area (Å²) in [6.45, 7) is 15.0. The van der Waals surface area contributed by atoms with Gasteiger partial charge in [0.05, 0.1) is 0 Å². The van der Waals surface area contributed by atoms with Crippen LogP contribution in [0.4, 0.5) is 0 Å². The first kappa shape index (κ1) is 20.7. The van der Waals surface area contributed by atoms with Crippen molar-refractivity contribution < 1.29 is 0 Å². The van der Waals surface area contributed by atoms with E-state index in [1.165, 1.54) is 64.2 Å². The third-order valence-electron chi connectivity index (χ3n) is 10.2. The predicted molar refractivity (Wildman–Crippen MR) is 122 cm³/mol. The van der Waals surface area contributed by atoms with Gasteiger partial charge in [0.15, 0.2) is 0 Å². The zero-order valence-corrected chi connectivity index (χ0v) is 19.7. The summed E-state index contributed by atoms with van der Waals surface area (Å²) in [5, 5.41) is 0. The lowest BCUT2D eigenvalue weighted by Crippen LogP contribution is -2.49. The summed E-state index contributed by atoms with van der Waals surface area (Å²) in [7, 11) is 0. The normalized spacial score (nSPS) is 43.7. The summed E-state index contributed by atoms with van der Waals surface area (Å²) >= 11 is 0. The lowest BCUT2D eigenvalue weighted by atomic mass is 9.47. The second-order valence-corrected chi connectivity index (χ2v) is 12.2. The van der Waals surface area contributed by atoms with Gasteiger partial charge >= 0.3 is 0 Å². The molecule has 0 spiro atoms. The van der Waals surface area contributed by atoms with E-state index < -0.39 is 0 Å². The molecule has 0 nitrogen and oxygen atoms in total. The van der Waals surface area contributed by atoms with Gasteiger partial charge in [-0.25, -0.2) is 0 Å². The van der Waals surface area contributed by atoms with E-state index in [-0.39, 0.29) is 0 Å². The molecule has 0 amide bonds. The minimum absolute atomic E-state index is 0.477. The lowest BCUT2D eigenvalue weighted by molar-refractivity contribution is -0.0444. The van der Waals surface area contributed by atoms with E-state index in [4.69, 9.17) is 0 Å². The fraction of sp³-hybridized carbons (Fsp3) is 0.857. The van der Waals surface area contributed by atoms with Gasteiger partial charge in [-0.3, -0.25) is 0 Å². The van der Waals surface area contributed by atoms with Crippen molar-refractivity contribution in [2.75, 3.05) is 0 Å². The topological polar surface area (TPSA) is 0 Å². The molecule has 4 aliphatic carbocycles. The summed E-state index contributed by atoms with van der Waals surface area (Å²) in [5.41, 5.74) is 4.51. The Morgan fingerprint density at radius 2 is 1.79 bits per heavy atom. The van der Waals surface area contributed by atoms with Crippen LogP contribution in [0.5, 0.6) is 0 Å². The van der Waals surface area contributed by atoms with Crippen LogP contribution < -0.4 is 0 Å². The zero-order valence-electron chi connectivity index (χ0n) is 19.7. The Morgan fingerprint density at radius 3 is 2.54 bits per heavy atom. The fourth-order valence-corrected chi connectivity index (χ4v) is 8.50. The van der Waals surface area contributed by atoms with Gasteiger partial charge in [0, 0.05) is 0 Å². The van der Waals surface area contributed by atoms with Crippen LogP contribution in [-0.4, -0.2) is 0 Å². The molecule has 0 heteroatoms. The first-order valence-electron chi connectivity index (χ1n) is 12.6. The maximum Gasteiger partial charge on any atom is -0.00476 e. The van der Waals surface area contributed by atoms with Gasteiger partial charge < -0.3 is 0 Å². The average molecular weight is 383 g/mol. The van der Waals surface area contributed by atoms with E-state index in [1.54, 1.807) is 11.1 Å². The van der Waals surface area contributed by atoms with Crippen LogP contribution in [0.3, 0.4) is 0 Å². The van der Waals surface area contributed by atoms with Gasteiger partial charge in [-0.05, 0) is 98.2 Å². The van der Waals surface area contributed by atoms with Crippen molar-refractivity contribution in [3.05, 3.63) is 23.3 Å². The standard InChI is InChI=1S/C28H46/c1-19(2)8-7-9-21(4)24-12-13-25-23-11-10-22-18-20(3)14-16-27(22,5)26(23)15-17-28(24,25)6/h10,14,19,21,23-26H,7-9,11-13,15-18H2,1-6H3/t21?,23?,24?,25?,26?,27-,28?/m0/s1. The number of rotatable bonds is 5. The zero-order chi connectivity index (χ0) is 20.1. The molecule has 0 aromatic rings. The third-order valence-corrected chi connectivity index (χ3v) is 10.2. The van der Waals surface area contributed by atoms with Gasteiger partial charge in [0.2, 0.25) is 0 Å². The molecular formula is C28H46. The van der Waals surface area contributed by atoms with Crippen molar-refractivity contribution >= 4 is 0 Å². The van der Waals surface area contributed by atoms with Crippen molar-refractivity contribution in [2.24, 2.45) is 46.3 Å². The SMILES string of the molecule is CC1=CC[C@@]2(C)C(=CCC3C4CCC(C(C)CCCC(C)C)C4(C)CCC32)C1. The Kier molecular flexibility index (Phi) is 5.65. The summed E-state index contributed by atoms with van der Waals surface area (Å²) < 4.78 is 0. The minimum Gasteiger partial charge on any atom is -0.0844 e. The van der Waals surface area contributed by atoms with E-state index in [1.807, 2.05) is 0 Å². The maximum absolute atomic E-state index is 2.72. The monoisotopic (exact) mass is 382 g/mol. The Morgan fingerprint density at radius 1 is 1.00 bits per heavy atom. The van der Waals surface area contributed by atoms with Crippen LogP contribution >= 0.6 is 0 Å². The van der Waals surface area contributed by atoms with Crippen LogP contribution in [0, 0.1) is 46.3 Å². The molecule has 158 valence electrons. The molecule has 2 saturated carbocycles. The largest absolute Gasteiger partial charge is 0.0844 e. The Hall–Kier alpha value is -0.520. The highest BCUT2D eigenvalue weighted by atomic mass is 14.6. The van der Waals surface area contributed by atoms with Gasteiger partial charge in [-0.2, -0.15) is 0 Å². The third kappa shape index (κ3) is 3.35. The molecule has 0 bridgehead atoms. The molecule has 0 saturated heterocycles. The summed E-state index contributed by atoms with van der Waals surface area (Å²) in [5.74, 6) is 5.68. The molecule has 2 fully saturated rings. The molecule has 0 heterocycles. The lowest BCUT2D eigenvalue weighted by Gasteiger charge is -2.57. The summed E-state index contributed by atoms with van der Waals surface area (Å²) in [4.78, 5) is 0. The summed E-state index contributed by atoms with van der Waals surface area (Å²) in [6, 6.07) is 0. The maximum atomic E-state index is 2.72. The van der Waals surface area contributed by atoms with Crippen molar-refractivity contribution in [3.63, 3.8) is 0 Å². The molecule has 4 rings (SSSR count). The first-order chi connectivity index (χ1) is 13.3. The molecule has 0 N–H and O–H groups in total. The minimum atomic E-state index is 0.477. The van der Waals surface area contributed by atoms with E-state index in [2.05, 4.69) is 53.7 Å². The van der Waals surface area contributed by atoms with Crippen LogP contribution in [-0.2, 0) is 0 Å². The van der Waals surface area contributed by atoms with Crippen molar-refractivity contribution in [1.82, 2.24) is 0 Å². The Labute approximate surface area is 175 Å². The van der Waals surface area contributed by atoms with Gasteiger partial charge in [0.25, 0.3) is 0 Å². The molecule has 0 aromatic carbocycles. The highest BCUT2D eigenvalue weighted by Crippen LogP contribution is 2.67. The fourth-order valence-electron chi connectivity index (χ4n) is 8.50. The number of hydrogen-bond acceptors (Lipinski definition) is 0. The van der Waals surface area contributed by atoms with E-state index in [9.17, 15) is 0 Å². The Balaban J connectivity index is 1.50. The number of fused-ring (bicyclic) bond motifs is 5. The molecule has 28 heavy (non-hydrogen) atoms. The molecule has 0 aliphatic heterocycles. The quantitative estimate of drug-likeness (QED) is 0.418. The van der Waals surface area contributed by atoms with Crippen molar-refractivity contribution in [2.45, 2.75) is 106 Å². The highest BCUT2D eigenvalue weighted by molar-refractivity contribution is 5.31. The second-order valence-electron chi connectivity index (χ2n) is 12.2. The average Bonchev–Trinajstić information content (AvgIpc) is 2.99. The van der Waals surface area contributed by atoms with Gasteiger partial charge in [-0.15, -0.1) is 0 Å². The van der Waals surface area contributed by atoms with Crippen LogP contribution in [0.2, 0.25) is 0 Å². The smallest absolute Gasteiger partial charge is 0.00476 e. The number of hydrogen-bond donors (Lipinski definition) is 0. The van der Waals surface area contributed by atoms with Crippen LogP contribution in [0.15, 0.2) is 23.3 Å². The molecular weight excluding hydrogens is 336 g/mol. The molecule has 6 unspecified atom stereocenters. The van der Waals surface area contributed by atoms with Crippen molar-refractivity contribution in [3.8, 4) is 0 Å². The molecule has 0 radical (unpaired) electrons. The molecule has 4 aliphatic rings. The molecule has 7 atom stereocenters. The predicted octanol–water partition coefficient (Wildman–Crippen LogP) is 8.58. The van der Waals surface area contributed by atoms with E-state index >= 15 is 0 Å². The van der Waals surface area contributed by atoms with Crippen LogP contribution in [0.25, 0.3) is 0 Å². The van der Waals surface area contributed by atoms with Gasteiger partial charge in [-0.1, -0.05) is 77.2 Å². The second kappa shape index (κ2) is 7.63. The van der Waals surface area contributed by atoms with Crippen LogP contribution in [0.1, 0.15) is 106 Å². The summed E-state index contributed by atoms with van der Waals surface area (Å²) in [6.07, 6.45) is 19.6. The first-order valence-corrected chi connectivity index (χ1v) is 12.6. The van der Waals surface area contributed by atoms with Gasteiger partial charge in [0.1, 0.15) is 0 Å². The van der Waals surface area contributed by atoms with Crippen molar-refractivity contribution in [1.29, 1.82) is 0 Å². The Bertz CT molecular complexity index is 636.